The second-order valence-corrected chi connectivity index (χ2v) is 5.13. The summed E-state index contributed by atoms with van der Waals surface area (Å²) < 4.78 is 5.26. The van der Waals surface area contributed by atoms with Gasteiger partial charge in [0.05, 0.1) is 7.11 Å². The Balaban J connectivity index is 2.04. The van der Waals surface area contributed by atoms with Crippen LogP contribution in [0.4, 0.5) is 0 Å². The van der Waals surface area contributed by atoms with E-state index in [0.717, 1.165) is 48.5 Å². The van der Waals surface area contributed by atoms with E-state index in [0.29, 0.717) is 5.92 Å². The molecule has 4 heteroatoms. The van der Waals surface area contributed by atoms with Crippen LogP contribution in [0.3, 0.4) is 0 Å². The van der Waals surface area contributed by atoms with E-state index in [4.69, 9.17) is 4.74 Å². The molecule has 1 aliphatic rings. The summed E-state index contributed by atoms with van der Waals surface area (Å²) in [4.78, 5) is 12.2. The SMILES string of the molecule is COc1ccc(C(=O)NCC2CCNC2)c(C)c1C. The molecule has 1 unspecified atom stereocenters. The molecule has 4 nitrogen and oxygen atoms in total. The van der Waals surface area contributed by atoms with Crippen molar-refractivity contribution in [2.75, 3.05) is 26.7 Å². The van der Waals surface area contributed by atoms with Gasteiger partial charge in [-0.2, -0.15) is 0 Å². The summed E-state index contributed by atoms with van der Waals surface area (Å²) in [6.07, 6.45) is 1.14. The lowest BCUT2D eigenvalue weighted by Gasteiger charge is -2.14. The van der Waals surface area contributed by atoms with Crippen LogP contribution in [0.25, 0.3) is 0 Å². The van der Waals surface area contributed by atoms with Crippen LogP contribution < -0.4 is 15.4 Å². The normalized spacial score (nSPS) is 18.4. The molecule has 2 rings (SSSR count). The zero-order valence-corrected chi connectivity index (χ0v) is 11.9. The summed E-state index contributed by atoms with van der Waals surface area (Å²) >= 11 is 0. The monoisotopic (exact) mass is 262 g/mol. The number of hydrogen-bond donors (Lipinski definition) is 2. The Kier molecular flexibility index (Phi) is 4.43. The summed E-state index contributed by atoms with van der Waals surface area (Å²) in [6, 6.07) is 3.69. The van der Waals surface area contributed by atoms with Crippen molar-refractivity contribution in [3.8, 4) is 5.75 Å². The lowest BCUT2D eigenvalue weighted by molar-refractivity contribution is 0.0947. The van der Waals surface area contributed by atoms with Gasteiger partial charge in [-0.3, -0.25) is 4.79 Å². The second kappa shape index (κ2) is 6.06. The largest absolute Gasteiger partial charge is 0.496 e. The lowest BCUT2D eigenvalue weighted by Crippen LogP contribution is -2.30. The van der Waals surface area contributed by atoms with E-state index in [1.54, 1.807) is 7.11 Å². The maximum absolute atomic E-state index is 12.2. The minimum atomic E-state index is 0.00940. The molecule has 0 bridgehead atoms. The number of nitrogens with one attached hydrogen (secondary N) is 2. The molecule has 19 heavy (non-hydrogen) atoms. The third kappa shape index (κ3) is 3.07. The van der Waals surface area contributed by atoms with Crippen LogP contribution in [-0.4, -0.2) is 32.7 Å². The van der Waals surface area contributed by atoms with Gasteiger partial charge in [0.2, 0.25) is 0 Å². The van der Waals surface area contributed by atoms with Crippen LogP contribution in [0.2, 0.25) is 0 Å². The molecule has 1 aromatic rings. The van der Waals surface area contributed by atoms with Gasteiger partial charge < -0.3 is 15.4 Å². The smallest absolute Gasteiger partial charge is 0.251 e. The standard InChI is InChI=1S/C15H22N2O2/c1-10-11(2)14(19-3)5-4-13(10)15(18)17-9-12-6-7-16-8-12/h4-5,12,16H,6-9H2,1-3H3,(H,17,18). The molecular formula is C15H22N2O2. The molecule has 0 aromatic heterocycles. The molecule has 1 fully saturated rings. The number of hydrogen-bond acceptors (Lipinski definition) is 3. The van der Waals surface area contributed by atoms with Crippen LogP contribution in [0.15, 0.2) is 12.1 Å². The molecule has 1 aromatic carbocycles. The number of carbonyl (C=O) groups excluding carboxylic acids is 1. The highest BCUT2D eigenvalue weighted by Gasteiger charge is 2.17. The van der Waals surface area contributed by atoms with Crippen molar-refractivity contribution in [2.24, 2.45) is 5.92 Å². The maximum atomic E-state index is 12.2. The molecule has 1 aliphatic heterocycles. The highest BCUT2D eigenvalue weighted by atomic mass is 16.5. The van der Waals surface area contributed by atoms with E-state index in [1.165, 1.54) is 0 Å². The van der Waals surface area contributed by atoms with E-state index < -0.39 is 0 Å². The zero-order chi connectivity index (χ0) is 13.8. The molecule has 0 spiro atoms. The maximum Gasteiger partial charge on any atom is 0.251 e. The molecule has 0 aliphatic carbocycles. The van der Waals surface area contributed by atoms with Gasteiger partial charge in [0.1, 0.15) is 5.75 Å². The first-order valence-electron chi connectivity index (χ1n) is 6.76. The summed E-state index contributed by atoms with van der Waals surface area (Å²) in [7, 11) is 1.65. The van der Waals surface area contributed by atoms with Gasteiger partial charge in [-0.25, -0.2) is 0 Å². The number of carbonyl (C=O) groups is 1. The van der Waals surface area contributed by atoms with Gasteiger partial charge in [-0.1, -0.05) is 0 Å². The Morgan fingerprint density at radius 3 is 2.84 bits per heavy atom. The van der Waals surface area contributed by atoms with Crippen LogP contribution >= 0.6 is 0 Å². The number of amides is 1. The number of methoxy groups -OCH3 is 1. The van der Waals surface area contributed by atoms with Gasteiger partial charge in [-0.05, 0) is 62.5 Å². The molecule has 2 N–H and O–H groups in total. The van der Waals surface area contributed by atoms with Gasteiger partial charge in [0, 0.05) is 12.1 Å². The summed E-state index contributed by atoms with van der Waals surface area (Å²) in [5, 5.41) is 6.33. The number of benzene rings is 1. The van der Waals surface area contributed by atoms with Crippen LogP contribution in [0.1, 0.15) is 27.9 Å². The Hall–Kier alpha value is -1.55. The molecule has 1 atom stereocenters. The third-order valence-electron chi connectivity index (χ3n) is 3.92. The molecule has 1 amide bonds. The highest BCUT2D eigenvalue weighted by Crippen LogP contribution is 2.23. The van der Waals surface area contributed by atoms with E-state index in [9.17, 15) is 4.79 Å². The Bertz CT molecular complexity index is 465. The van der Waals surface area contributed by atoms with Crippen molar-refractivity contribution in [1.29, 1.82) is 0 Å². The number of ether oxygens (including phenoxy) is 1. The van der Waals surface area contributed by atoms with Crippen LogP contribution in [0, 0.1) is 19.8 Å². The summed E-state index contributed by atoms with van der Waals surface area (Å²) in [5.41, 5.74) is 2.75. The van der Waals surface area contributed by atoms with Gasteiger partial charge in [0.15, 0.2) is 0 Å². The van der Waals surface area contributed by atoms with Crippen molar-refractivity contribution in [3.05, 3.63) is 28.8 Å². The quantitative estimate of drug-likeness (QED) is 0.867. The van der Waals surface area contributed by atoms with Crippen LogP contribution in [-0.2, 0) is 0 Å². The van der Waals surface area contributed by atoms with Crippen molar-refractivity contribution in [2.45, 2.75) is 20.3 Å². The van der Waals surface area contributed by atoms with Crippen molar-refractivity contribution in [3.63, 3.8) is 0 Å². The van der Waals surface area contributed by atoms with E-state index >= 15 is 0 Å². The van der Waals surface area contributed by atoms with E-state index in [1.807, 2.05) is 26.0 Å². The van der Waals surface area contributed by atoms with Crippen molar-refractivity contribution < 1.29 is 9.53 Å². The molecule has 104 valence electrons. The van der Waals surface area contributed by atoms with E-state index in [2.05, 4.69) is 10.6 Å². The first-order chi connectivity index (χ1) is 9.13. The van der Waals surface area contributed by atoms with Gasteiger partial charge in [0.25, 0.3) is 5.91 Å². The average molecular weight is 262 g/mol. The van der Waals surface area contributed by atoms with Crippen LogP contribution in [0.5, 0.6) is 5.75 Å². The van der Waals surface area contributed by atoms with E-state index in [-0.39, 0.29) is 5.91 Å². The van der Waals surface area contributed by atoms with Gasteiger partial charge >= 0.3 is 0 Å². The topological polar surface area (TPSA) is 50.4 Å². The fraction of sp³-hybridized carbons (Fsp3) is 0.533. The zero-order valence-electron chi connectivity index (χ0n) is 11.9. The molecule has 1 saturated heterocycles. The minimum absolute atomic E-state index is 0.00940. The summed E-state index contributed by atoms with van der Waals surface area (Å²) in [5.74, 6) is 1.40. The Morgan fingerprint density at radius 1 is 1.42 bits per heavy atom. The van der Waals surface area contributed by atoms with Gasteiger partial charge in [-0.15, -0.1) is 0 Å². The molecule has 0 saturated carbocycles. The summed E-state index contributed by atoms with van der Waals surface area (Å²) in [6.45, 7) is 6.74. The fourth-order valence-corrected chi connectivity index (χ4v) is 2.48. The first kappa shape index (κ1) is 13.9. The lowest BCUT2D eigenvalue weighted by atomic mass is 10.0. The fourth-order valence-electron chi connectivity index (χ4n) is 2.48. The Morgan fingerprint density at radius 2 is 2.21 bits per heavy atom. The minimum Gasteiger partial charge on any atom is -0.496 e. The second-order valence-electron chi connectivity index (χ2n) is 5.13. The molecule has 0 radical (unpaired) electrons. The Labute approximate surface area is 114 Å². The van der Waals surface area contributed by atoms with Crippen molar-refractivity contribution >= 4 is 5.91 Å². The number of rotatable bonds is 4. The molecule has 1 heterocycles. The third-order valence-corrected chi connectivity index (χ3v) is 3.92. The first-order valence-corrected chi connectivity index (χ1v) is 6.76. The average Bonchev–Trinajstić information content (AvgIpc) is 2.92. The predicted molar refractivity (Wildman–Crippen MR) is 75.8 cm³/mol. The highest BCUT2D eigenvalue weighted by molar-refractivity contribution is 5.96. The predicted octanol–water partition coefficient (Wildman–Crippen LogP) is 1.65. The molecular weight excluding hydrogens is 240 g/mol. The van der Waals surface area contributed by atoms with Crippen molar-refractivity contribution in [1.82, 2.24) is 10.6 Å².